The van der Waals surface area contributed by atoms with E-state index in [9.17, 15) is 13.6 Å². The zero-order valence-corrected chi connectivity index (χ0v) is 10.7. The summed E-state index contributed by atoms with van der Waals surface area (Å²) in [6.07, 6.45) is 0.733. The van der Waals surface area contributed by atoms with Gasteiger partial charge in [-0.1, -0.05) is 12.1 Å². The van der Waals surface area contributed by atoms with Crippen molar-refractivity contribution in [2.45, 2.75) is 6.42 Å². The van der Waals surface area contributed by atoms with Crippen molar-refractivity contribution in [2.24, 2.45) is 5.73 Å². The Morgan fingerprint density at radius 1 is 1.05 bits per heavy atom. The molecule has 0 radical (unpaired) electrons. The van der Waals surface area contributed by atoms with Crippen LogP contribution in [0.4, 0.5) is 14.5 Å². The second-order valence-electron chi connectivity index (χ2n) is 4.35. The lowest BCUT2D eigenvalue weighted by Gasteiger charge is -2.06. The van der Waals surface area contributed by atoms with Gasteiger partial charge in [-0.25, -0.2) is 8.78 Å². The smallest absolute Gasteiger partial charge is 0.255 e. The molecule has 0 saturated carbocycles. The number of rotatable bonds is 4. The minimum atomic E-state index is -0.737. The molecule has 0 spiro atoms. The Hall–Kier alpha value is -2.27. The van der Waals surface area contributed by atoms with Gasteiger partial charge < -0.3 is 11.1 Å². The third kappa shape index (κ3) is 3.61. The van der Waals surface area contributed by atoms with Crippen LogP contribution in [0.25, 0.3) is 0 Å². The maximum absolute atomic E-state index is 13.0. The lowest BCUT2D eigenvalue weighted by atomic mass is 10.1. The first kappa shape index (κ1) is 14.1. The van der Waals surface area contributed by atoms with E-state index < -0.39 is 17.5 Å². The predicted octanol–water partition coefficient (Wildman–Crippen LogP) is 2.72. The summed E-state index contributed by atoms with van der Waals surface area (Å²) in [6.45, 7) is 0.536. The molecule has 20 heavy (non-hydrogen) atoms. The number of benzene rings is 2. The second kappa shape index (κ2) is 6.25. The lowest BCUT2D eigenvalue weighted by Crippen LogP contribution is -2.12. The number of nitrogens with two attached hydrogens (primary N) is 1. The number of hydrogen-bond acceptors (Lipinski definition) is 2. The van der Waals surface area contributed by atoms with Gasteiger partial charge in [-0.05, 0) is 42.8 Å². The minimum Gasteiger partial charge on any atom is -0.330 e. The second-order valence-corrected chi connectivity index (χ2v) is 4.35. The number of anilines is 1. The fourth-order valence-corrected chi connectivity index (χ4v) is 1.82. The van der Waals surface area contributed by atoms with Crippen molar-refractivity contribution < 1.29 is 13.6 Å². The first-order valence-electron chi connectivity index (χ1n) is 6.15. The number of halogens is 2. The molecule has 0 aliphatic carbocycles. The maximum atomic E-state index is 13.0. The summed E-state index contributed by atoms with van der Waals surface area (Å²) in [5, 5.41) is 2.45. The fourth-order valence-electron chi connectivity index (χ4n) is 1.82. The minimum absolute atomic E-state index is 0.0820. The third-order valence-electron chi connectivity index (χ3n) is 2.77. The maximum Gasteiger partial charge on any atom is 0.255 e. The molecule has 3 nitrogen and oxygen atoms in total. The number of carbonyl (C=O) groups is 1. The highest BCUT2D eigenvalue weighted by Crippen LogP contribution is 2.14. The Kier molecular flexibility index (Phi) is 4.42. The molecule has 0 unspecified atom stereocenters. The number of hydrogen-bond donors (Lipinski definition) is 2. The van der Waals surface area contributed by atoms with Crippen molar-refractivity contribution in [3.63, 3.8) is 0 Å². The molecular weight excluding hydrogens is 262 g/mol. The molecule has 0 aliphatic heterocycles. The number of nitrogens with one attached hydrogen (secondary N) is 1. The SMILES string of the molecule is NCCc1ccc(C(=O)Nc2cc(F)cc(F)c2)cc1. The van der Waals surface area contributed by atoms with E-state index in [0.29, 0.717) is 12.1 Å². The fraction of sp³-hybridized carbons (Fsp3) is 0.133. The summed E-state index contributed by atoms with van der Waals surface area (Å²) in [4.78, 5) is 11.9. The Labute approximate surface area is 115 Å². The molecule has 0 bridgehead atoms. The van der Waals surface area contributed by atoms with E-state index in [1.54, 1.807) is 24.3 Å². The van der Waals surface area contributed by atoms with E-state index in [0.717, 1.165) is 30.2 Å². The summed E-state index contributed by atoms with van der Waals surface area (Å²) in [5.41, 5.74) is 6.96. The van der Waals surface area contributed by atoms with Gasteiger partial charge in [-0.3, -0.25) is 4.79 Å². The summed E-state index contributed by atoms with van der Waals surface area (Å²) in [6, 6.07) is 9.76. The van der Waals surface area contributed by atoms with Gasteiger partial charge in [0.2, 0.25) is 0 Å². The molecule has 2 aromatic carbocycles. The zero-order chi connectivity index (χ0) is 14.5. The molecule has 0 fully saturated rings. The van der Waals surface area contributed by atoms with Crippen LogP contribution in [-0.2, 0) is 6.42 Å². The highest BCUT2D eigenvalue weighted by Gasteiger charge is 2.08. The van der Waals surface area contributed by atoms with Crippen LogP contribution >= 0.6 is 0 Å². The van der Waals surface area contributed by atoms with E-state index in [1.165, 1.54) is 0 Å². The molecule has 0 aromatic heterocycles. The third-order valence-corrected chi connectivity index (χ3v) is 2.77. The topological polar surface area (TPSA) is 55.1 Å². The van der Waals surface area contributed by atoms with Crippen LogP contribution in [0.5, 0.6) is 0 Å². The van der Waals surface area contributed by atoms with Crippen LogP contribution in [0.3, 0.4) is 0 Å². The van der Waals surface area contributed by atoms with Crippen molar-refractivity contribution in [3.05, 3.63) is 65.2 Å². The highest BCUT2D eigenvalue weighted by molar-refractivity contribution is 6.04. The van der Waals surface area contributed by atoms with E-state index in [4.69, 9.17) is 5.73 Å². The van der Waals surface area contributed by atoms with Gasteiger partial charge in [0, 0.05) is 17.3 Å². The van der Waals surface area contributed by atoms with Crippen LogP contribution < -0.4 is 11.1 Å². The standard InChI is InChI=1S/C15H14F2N2O/c16-12-7-13(17)9-14(8-12)19-15(20)11-3-1-10(2-4-11)5-6-18/h1-4,7-9H,5-6,18H2,(H,19,20). The van der Waals surface area contributed by atoms with E-state index >= 15 is 0 Å². The van der Waals surface area contributed by atoms with Gasteiger partial charge in [-0.15, -0.1) is 0 Å². The Balaban J connectivity index is 2.11. The van der Waals surface area contributed by atoms with Gasteiger partial charge in [0.1, 0.15) is 11.6 Å². The van der Waals surface area contributed by atoms with Gasteiger partial charge >= 0.3 is 0 Å². The van der Waals surface area contributed by atoms with Crippen LogP contribution in [0.15, 0.2) is 42.5 Å². The first-order valence-corrected chi connectivity index (χ1v) is 6.15. The van der Waals surface area contributed by atoms with Crippen molar-refractivity contribution in [1.29, 1.82) is 0 Å². The summed E-state index contributed by atoms with van der Waals surface area (Å²) < 4.78 is 26.0. The molecule has 0 saturated heterocycles. The predicted molar refractivity (Wildman–Crippen MR) is 73.5 cm³/mol. The molecule has 2 aromatic rings. The Morgan fingerprint density at radius 2 is 1.65 bits per heavy atom. The normalized spacial score (nSPS) is 10.3. The lowest BCUT2D eigenvalue weighted by molar-refractivity contribution is 0.102. The van der Waals surface area contributed by atoms with Crippen LogP contribution in [0.2, 0.25) is 0 Å². The Morgan fingerprint density at radius 3 is 2.20 bits per heavy atom. The van der Waals surface area contributed by atoms with Crippen LogP contribution in [0.1, 0.15) is 15.9 Å². The van der Waals surface area contributed by atoms with Gasteiger partial charge in [-0.2, -0.15) is 0 Å². The average molecular weight is 276 g/mol. The van der Waals surface area contributed by atoms with Crippen LogP contribution in [-0.4, -0.2) is 12.5 Å². The molecule has 5 heteroatoms. The largest absolute Gasteiger partial charge is 0.330 e. The first-order chi connectivity index (χ1) is 9.58. The molecule has 0 atom stereocenters. The molecule has 0 aliphatic rings. The summed E-state index contributed by atoms with van der Waals surface area (Å²) in [7, 11) is 0. The van der Waals surface area contributed by atoms with E-state index in [2.05, 4.69) is 5.32 Å². The number of carbonyl (C=O) groups excluding carboxylic acids is 1. The molecular formula is C15H14F2N2O. The van der Waals surface area contributed by atoms with Crippen LogP contribution in [0, 0.1) is 11.6 Å². The monoisotopic (exact) mass is 276 g/mol. The molecule has 1 amide bonds. The van der Waals surface area contributed by atoms with Crippen molar-refractivity contribution in [2.75, 3.05) is 11.9 Å². The highest BCUT2D eigenvalue weighted by atomic mass is 19.1. The molecule has 2 rings (SSSR count). The van der Waals surface area contributed by atoms with E-state index in [1.807, 2.05) is 0 Å². The molecule has 0 heterocycles. The average Bonchev–Trinajstić information content (AvgIpc) is 2.38. The molecule has 3 N–H and O–H groups in total. The van der Waals surface area contributed by atoms with Crippen molar-refractivity contribution in [3.8, 4) is 0 Å². The summed E-state index contributed by atoms with van der Waals surface area (Å²) >= 11 is 0. The zero-order valence-electron chi connectivity index (χ0n) is 10.7. The van der Waals surface area contributed by atoms with Gasteiger partial charge in [0.25, 0.3) is 5.91 Å². The van der Waals surface area contributed by atoms with Crippen molar-refractivity contribution >= 4 is 11.6 Å². The van der Waals surface area contributed by atoms with Crippen molar-refractivity contribution in [1.82, 2.24) is 0 Å². The quantitative estimate of drug-likeness (QED) is 0.902. The summed E-state index contributed by atoms with van der Waals surface area (Å²) in [5.74, 6) is -1.90. The number of amides is 1. The molecule has 104 valence electrons. The van der Waals surface area contributed by atoms with Gasteiger partial charge in [0.05, 0.1) is 0 Å². The van der Waals surface area contributed by atoms with E-state index in [-0.39, 0.29) is 5.69 Å². The van der Waals surface area contributed by atoms with Gasteiger partial charge in [0.15, 0.2) is 0 Å². The Bertz CT molecular complexity index is 592.